The summed E-state index contributed by atoms with van der Waals surface area (Å²) in [6.07, 6.45) is 37.0. The van der Waals surface area contributed by atoms with Crippen molar-refractivity contribution in [1.29, 1.82) is 0 Å². The molecule has 570 valence electrons. The van der Waals surface area contributed by atoms with Crippen LogP contribution in [0.3, 0.4) is 0 Å². The summed E-state index contributed by atoms with van der Waals surface area (Å²) in [5.74, 6) is 0. The van der Waals surface area contributed by atoms with E-state index in [-0.39, 0.29) is 32.5 Å². The highest BCUT2D eigenvalue weighted by atomic mass is 15.2. The Labute approximate surface area is 624 Å². The van der Waals surface area contributed by atoms with Gasteiger partial charge >= 0.3 is 0 Å². The van der Waals surface area contributed by atoms with Gasteiger partial charge in [0.25, 0.3) is 0 Å². The number of nitrogens with one attached hydrogen (secondary N) is 1. The third-order valence-electron chi connectivity index (χ3n) is 20.8. The lowest BCUT2D eigenvalue weighted by Gasteiger charge is -2.30. The molecule has 0 saturated carbocycles. The minimum atomic E-state index is 0.135. The van der Waals surface area contributed by atoms with Crippen molar-refractivity contribution < 1.29 is 0 Å². The molecule has 0 aromatic carbocycles. The molecule has 0 radical (unpaired) electrons. The molecule has 6 aromatic rings. The van der Waals surface area contributed by atoms with Gasteiger partial charge in [0.15, 0.2) is 0 Å². The van der Waals surface area contributed by atoms with Gasteiger partial charge in [0.2, 0.25) is 0 Å². The van der Waals surface area contributed by atoms with Crippen LogP contribution in [0, 0.1) is 0 Å². The maximum absolute atomic E-state index is 6.06. The van der Waals surface area contributed by atoms with Gasteiger partial charge in [-0.1, -0.05) is 125 Å². The van der Waals surface area contributed by atoms with Crippen molar-refractivity contribution in [2.45, 2.75) is 264 Å². The number of aromatic nitrogens is 6. The van der Waals surface area contributed by atoms with E-state index in [9.17, 15) is 0 Å². The van der Waals surface area contributed by atoms with E-state index in [4.69, 9.17) is 28.7 Å². The third kappa shape index (κ3) is 25.9. The van der Waals surface area contributed by atoms with Crippen LogP contribution in [0.1, 0.15) is 235 Å². The summed E-state index contributed by atoms with van der Waals surface area (Å²) in [5.41, 5.74) is 46.9. The second kappa shape index (κ2) is 38.1. The molecule has 5 atom stereocenters. The highest BCUT2D eigenvalue weighted by Crippen LogP contribution is 2.38. The molecule has 12 heterocycles. The van der Waals surface area contributed by atoms with E-state index in [0.717, 1.165) is 143 Å². The number of nitrogens with zero attached hydrogens (tertiary/aromatic N) is 12. The van der Waals surface area contributed by atoms with E-state index in [1.54, 1.807) is 0 Å². The third-order valence-corrected chi connectivity index (χ3v) is 20.8. The normalized spacial score (nSPS) is 21.1. The first-order valence-corrected chi connectivity index (χ1v) is 39.2. The molecule has 1 unspecified atom stereocenters. The van der Waals surface area contributed by atoms with Crippen molar-refractivity contribution in [2.24, 2.45) is 28.7 Å². The lowest BCUT2D eigenvalue weighted by Crippen LogP contribution is -2.30. The molecular formula is C85H140N18. The molecule has 6 aromatic heterocycles. The number of nitrogens with two attached hydrogens (primary N) is 5. The largest absolute Gasteiger partial charge is 0.371 e. The molecule has 6 fully saturated rings. The van der Waals surface area contributed by atoms with Crippen molar-refractivity contribution in [3.05, 3.63) is 144 Å². The second-order valence-corrected chi connectivity index (χ2v) is 36.0. The van der Waals surface area contributed by atoms with Crippen LogP contribution in [-0.4, -0.2) is 152 Å². The van der Waals surface area contributed by atoms with E-state index >= 15 is 0 Å². The predicted octanol–water partition coefficient (Wildman–Crippen LogP) is 14.1. The Balaban J connectivity index is 0.000000173. The number of hydrogen-bond donors (Lipinski definition) is 6. The Morgan fingerprint density at radius 3 is 0.709 bits per heavy atom. The molecular weight excluding hydrogens is 1270 g/mol. The summed E-state index contributed by atoms with van der Waals surface area (Å²) in [6, 6.07) is 14.6. The van der Waals surface area contributed by atoms with Gasteiger partial charge in [-0.3, -0.25) is 29.9 Å². The first-order valence-electron chi connectivity index (χ1n) is 39.2. The monoisotopic (exact) mass is 1410 g/mol. The summed E-state index contributed by atoms with van der Waals surface area (Å²) in [5, 5.41) is 3.45. The molecule has 11 N–H and O–H groups in total. The number of pyridine rings is 6. The van der Waals surface area contributed by atoms with Crippen LogP contribution in [0.15, 0.2) is 111 Å². The van der Waals surface area contributed by atoms with Gasteiger partial charge in [-0.05, 0) is 186 Å². The molecule has 18 heteroatoms. The van der Waals surface area contributed by atoms with Gasteiger partial charge in [0, 0.05) is 224 Å². The van der Waals surface area contributed by atoms with E-state index in [0.29, 0.717) is 30.2 Å². The maximum atomic E-state index is 6.06. The fraction of sp³-hybridized carbons (Fsp3) is 0.647. The Hall–Kier alpha value is -6.54. The van der Waals surface area contributed by atoms with E-state index in [2.05, 4.69) is 226 Å². The zero-order valence-corrected chi connectivity index (χ0v) is 67.4. The van der Waals surface area contributed by atoms with Crippen molar-refractivity contribution >= 4 is 34.1 Å². The summed E-state index contributed by atoms with van der Waals surface area (Å²) in [7, 11) is 0. The molecule has 103 heavy (non-hydrogen) atoms. The van der Waals surface area contributed by atoms with Gasteiger partial charge in [-0.15, -0.1) is 0 Å². The van der Waals surface area contributed by atoms with Crippen molar-refractivity contribution in [2.75, 3.05) is 121 Å². The summed E-state index contributed by atoms with van der Waals surface area (Å²) >= 11 is 0. The zero-order valence-electron chi connectivity index (χ0n) is 67.4. The fourth-order valence-electron chi connectivity index (χ4n) is 14.6. The van der Waals surface area contributed by atoms with Gasteiger partial charge in [-0.2, -0.15) is 0 Å². The summed E-state index contributed by atoms with van der Waals surface area (Å²) in [4.78, 5) is 40.4. The average Bonchev–Trinajstić information content (AvgIpc) is 1.83. The van der Waals surface area contributed by atoms with Gasteiger partial charge in [0.05, 0.1) is 0 Å². The Morgan fingerprint density at radius 2 is 0.476 bits per heavy atom. The topological polar surface area (TPSA) is 239 Å². The van der Waals surface area contributed by atoms with E-state index in [1.807, 2.05) is 74.4 Å². The molecule has 0 aliphatic carbocycles. The highest BCUT2D eigenvalue weighted by Gasteiger charge is 2.31. The Bertz CT molecular complexity index is 3190. The molecule has 12 rings (SSSR count). The van der Waals surface area contributed by atoms with Crippen molar-refractivity contribution in [3.63, 3.8) is 0 Å². The molecule has 0 spiro atoms. The first kappa shape index (κ1) is 83.7. The molecule has 0 bridgehead atoms. The van der Waals surface area contributed by atoms with Crippen LogP contribution >= 0.6 is 0 Å². The molecule has 6 aliphatic rings. The quantitative estimate of drug-likeness (QED) is 0.0909. The van der Waals surface area contributed by atoms with Crippen molar-refractivity contribution in [1.82, 2.24) is 35.2 Å². The first-order chi connectivity index (χ1) is 48.5. The van der Waals surface area contributed by atoms with E-state index in [1.165, 1.54) is 93.2 Å². The molecule has 0 amide bonds. The van der Waals surface area contributed by atoms with Crippen LogP contribution in [0.4, 0.5) is 34.1 Å². The maximum Gasteiger partial charge on any atom is 0.0435 e. The summed E-state index contributed by atoms with van der Waals surface area (Å²) in [6.45, 7) is 55.4. The molecule has 6 saturated heterocycles. The standard InChI is InChI=1S/3C15H25N3.C14H23N3.2C13H21N3/c3*1-15(2,3)13-11-17-8-6-14(13)18-9-4-5-12(16)7-10-18;1-14(2,3)12-11-16-7-5-13(12)17-9-4-6-15-8-10-17;2*1-13(2,3)11-8-15-6-4-12(11)16-7-5-10(14)9-16/h3*6,8,11-12H,4-5,7,9-10,16H2,1-3H3;5,7,11,15H,4,6,8-10H2,1-3H3;2*4,6,8,10H,5,7,9,14H2,1-3H3/t2*12-;;;2*10-/m10..10/s1. The van der Waals surface area contributed by atoms with E-state index < -0.39 is 0 Å². The van der Waals surface area contributed by atoms with Crippen LogP contribution in [-0.2, 0) is 32.5 Å². The van der Waals surface area contributed by atoms with Gasteiger partial charge < -0.3 is 63.4 Å². The molecule has 18 nitrogen and oxygen atoms in total. The Morgan fingerprint density at radius 1 is 0.262 bits per heavy atom. The van der Waals surface area contributed by atoms with Crippen LogP contribution < -0.4 is 63.4 Å². The van der Waals surface area contributed by atoms with Gasteiger partial charge in [-0.25, -0.2) is 0 Å². The lowest BCUT2D eigenvalue weighted by atomic mass is 9.86. The predicted molar refractivity (Wildman–Crippen MR) is 439 cm³/mol. The van der Waals surface area contributed by atoms with Crippen molar-refractivity contribution in [3.8, 4) is 0 Å². The van der Waals surface area contributed by atoms with Gasteiger partial charge in [0.1, 0.15) is 0 Å². The second-order valence-electron chi connectivity index (χ2n) is 36.0. The van der Waals surface area contributed by atoms with Crippen LogP contribution in [0.5, 0.6) is 0 Å². The Kier molecular flexibility index (Phi) is 31.0. The minimum Gasteiger partial charge on any atom is -0.371 e. The SMILES string of the molecule is CC(C)(C)c1cnccc1N1CCCC(N)CC1.CC(C)(C)c1cnccc1N1CCCNCC1.CC(C)(C)c1cnccc1N1CCC[C@@H](N)CC1.CC(C)(C)c1cnccc1N1CCC[C@H](N)CC1.CC(C)(C)c1cnccc1N1CC[C@@H](N)C1.CC(C)(C)c1cnccc1N1CC[C@H](N)C1. The fourth-order valence-corrected chi connectivity index (χ4v) is 14.6. The smallest absolute Gasteiger partial charge is 0.0435 e. The van der Waals surface area contributed by atoms with Crippen LogP contribution in [0.2, 0.25) is 0 Å². The number of rotatable bonds is 6. The lowest BCUT2D eigenvalue weighted by molar-refractivity contribution is 0.582. The average molecular weight is 1410 g/mol. The minimum absolute atomic E-state index is 0.135. The van der Waals surface area contributed by atoms with Crippen LogP contribution in [0.25, 0.3) is 0 Å². The zero-order chi connectivity index (χ0) is 75.3. The number of anilines is 6. The highest BCUT2D eigenvalue weighted by molar-refractivity contribution is 5.60. The summed E-state index contributed by atoms with van der Waals surface area (Å²) < 4.78 is 0. The number of hydrogen-bond acceptors (Lipinski definition) is 18. The molecule has 6 aliphatic heterocycles.